The van der Waals surface area contributed by atoms with Crippen molar-refractivity contribution in [1.82, 2.24) is 20.2 Å². The third kappa shape index (κ3) is 3.63. The molecule has 5 rings (SSSR count). The Balaban J connectivity index is 1.77. The number of fused-ring (bicyclic) bond motifs is 2. The molecule has 9 nitrogen and oxygen atoms in total. The molecule has 164 valence electrons. The number of aliphatic imine (C=N–C) groups is 1. The predicted octanol–water partition coefficient (Wildman–Crippen LogP) is 5.28. The van der Waals surface area contributed by atoms with Gasteiger partial charge in [-0.05, 0) is 58.7 Å². The summed E-state index contributed by atoms with van der Waals surface area (Å²) >= 11 is 0. The van der Waals surface area contributed by atoms with Gasteiger partial charge in [-0.25, -0.2) is 4.99 Å². The second-order valence-corrected chi connectivity index (χ2v) is 8.10. The maximum absolute atomic E-state index is 11.4. The third-order valence-electron chi connectivity index (χ3n) is 5.47. The van der Waals surface area contributed by atoms with E-state index in [0.717, 1.165) is 16.8 Å². The molecule has 1 aliphatic rings. The van der Waals surface area contributed by atoms with Crippen LogP contribution in [0.3, 0.4) is 0 Å². The van der Waals surface area contributed by atoms with Crippen LogP contribution in [0.25, 0.3) is 5.69 Å². The standard InChI is InChI=1S/C24H20N6O3/c1-14(2)17-6-4-5-7-20(17)29-24(26-27-28-29)23-18-10-8-15(3)12-22(18)33-21-11-9-16(30(31)32)13-19(21)25-23/h4-14H,1-3H3. The van der Waals surface area contributed by atoms with Gasteiger partial charge in [-0.2, -0.15) is 4.68 Å². The maximum Gasteiger partial charge on any atom is 0.271 e. The molecule has 0 N–H and O–H groups in total. The summed E-state index contributed by atoms with van der Waals surface area (Å²) in [5.41, 5.74) is 4.34. The number of hydrogen-bond acceptors (Lipinski definition) is 7. The number of nitrogens with zero attached hydrogens (tertiary/aromatic N) is 6. The molecule has 0 unspecified atom stereocenters. The highest BCUT2D eigenvalue weighted by Crippen LogP contribution is 2.41. The van der Waals surface area contributed by atoms with Crippen LogP contribution in [0.5, 0.6) is 11.5 Å². The summed E-state index contributed by atoms with van der Waals surface area (Å²) in [6.45, 7) is 6.17. The van der Waals surface area contributed by atoms with Crippen molar-refractivity contribution < 1.29 is 9.66 Å². The summed E-state index contributed by atoms with van der Waals surface area (Å²) in [4.78, 5) is 15.7. The molecule has 0 amide bonds. The van der Waals surface area contributed by atoms with E-state index >= 15 is 0 Å². The smallest absolute Gasteiger partial charge is 0.271 e. The molecule has 0 fully saturated rings. The Morgan fingerprint density at radius 2 is 1.85 bits per heavy atom. The van der Waals surface area contributed by atoms with Gasteiger partial charge >= 0.3 is 0 Å². The van der Waals surface area contributed by atoms with Gasteiger partial charge < -0.3 is 4.74 Å². The first kappa shape index (κ1) is 20.5. The van der Waals surface area contributed by atoms with Crippen LogP contribution in [0.15, 0.2) is 65.7 Å². The number of nitro benzene ring substituents is 1. The van der Waals surface area contributed by atoms with Gasteiger partial charge in [0.15, 0.2) is 5.75 Å². The van der Waals surface area contributed by atoms with Crippen LogP contribution >= 0.6 is 0 Å². The van der Waals surface area contributed by atoms with Crippen molar-refractivity contribution in [2.45, 2.75) is 26.7 Å². The number of tetrazole rings is 1. The molecular formula is C24H20N6O3. The van der Waals surface area contributed by atoms with Crippen LogP contribution in [0.4, 0.5) is 11.4 Å². The molecule has 0 saturated carbocycles. The van der Waals surface area contributed by atoms with E-state index in [1.165, 1.54) is 12.1 Å². The number of aryl methyl sites for hydroxylation is 1. The number of rotatable bonds is 4. The Labute approximate surface area is 189 Å². The molecule has 1 aliphatic heterocycles. The van der Waals surface area contributed by atoms with Crippen molar-refractivity contribution >= 4 is 17.1 Å². The van der Waals surface area contributed by atoms with E-state index in [2.05, 4.69) is 29.4 Å². The number of non-ortho nitro benzene ring substituents is 1. The zero-order chi connectivity index (χ0) is 23.1. The number of aromatic nitrogens is 4. The first-order valence-electron chi connectivity index (χ1n) is 10.5. The van der Waals surface area contributed by atoms with E-state index in [1.54, 1.807) is 10.7 Å². The average molecular weight is 440 g/mol. The Hall–Kier alpha value is -4.40. The molecule has 4 aromatic rings. The first-order chi connectivity index (χ1) is 15.9. The highest BCUT2D eigenvalue weighted by atomic mass is 16.6. The number of ether oxygens (including phenoxy) is 1. The average Bonchev–Trinajstić information content (AvgIpc) is 3.22. The van der Waals surface area contributed by atoms with E-state index in [0.29, 0.717) is 34.3 Å². The van der Waals surface area contributed by atoms with Gasteiger partial charge in [-0.3, -0.25) is 10.1 Å². The topological polar surface area (TPSA) is 108 Å². The summed E-state index contributed by atoms with van der Waals surface area (Å²) < 4.78 is 7.79. The molecule has 0 atom stereocenters. The Morgan fingerprint density at radius 3 is 2.64 bits per heavy atom. The fourth-order valence-electron chi connectivity index (χ4n) is 3.84. The zero-order valence-electron chi connectivity index (χ0n) is 18.3. The third-order valence-corrected chi connectivity index (χ3v) is 5.47. The first-order valence-corrected chi connectivity index (χ1v) is 10.5. The lowest BCUT2D eigenvalue weighted by molar-refractivity contribution is -0.384. The molecular weight excluding hydrogens is 420 g/mol. The fraction of sp³-hybridized carbons (Fsp3) is 0.167. The Bertz CT molecular complexity index is 1420. The van der Waals surface area contributed by atoms with E-state index in [4.69, 9.17) is 9.73 Å². The van der Waals surface area contributed by atoms with Crippen LogP contribution < -0.4 is 4.74 Å². The summed E-state index contributed by atoms with van der Waals surface area (Å²) in [7, 11) is 0. The molecule has 0 spiro atoms. The van der Waals surface area contributed by atoms with Crippen molar-refractivity contribution in [2.75, 3.05) is 0 Å². The van der Waals surface area contributed by atoms with Gasteiger partial charge in [0.1, 0.15) is 17.1 Å². The Morgan fingerprint density at radius 1 is 1.03 bits per heavy atom. The molecule has 3 aromatic carbocycles. The number of para-hydroxylation sites is 1. The molecule has 0 aliphatic carbocycles. The van der Waals surface area contributed by atoms with E-state index < -0.39 is 4.92 Å². The van der Waals surface area contributed by atoms with Crippen molar-refractivity contribution in [3.8, 4) is 17.2 Å². The van der Waals surface area contributed by atoms with Gasteiger partial charge in [0.2, 0.25) is 5.82 Å². The minimum absolute atomic E-state index is 0.0765. The second-order valence-electron chi connectivity index (χ2n) is 8.10. The van der Waals surface area contributed by atoms with Gasteiger partial charge in [0, 0.05) is 17.7 Å². The van der Waals surface area contributed by atoms with Gasteiger partial charge in [-0.15, -0.1) is 5.10 Å². The SMILES string of the molecule is Cc1ccc2c(c1)Oc1ccc([N+](=O)[O-])cc1N=C2c1nnnn1-c1ccccc1C(C)C. The monoisotopic (exact) mass is 440 g/mol. The molecule has 2 heterocycles. The summed E-state index contributed by atoms with van der Waals surface area (Å²) in [5, 5.41) is 23.8. The van der Waals surface area contributed by atoms with Crippen LogP contribution in [-0.4, -0.2) is 30.8 Å². The van der Waals surface area contributed by atoms with Crippen molar-refractivity contribution in [1.29, 1.82) is 0 Å². The molecule has 0 radical (unpaired) electrons. The molecule has 0 saturated heterocycles. The highest BCUT2D eigenvalue weighted by molar-refractivity contribution is 6.14. The van der Waals surface area contributed by atoms with Crippen LogP contribution in [-0.2, 0) is 0 Å². The number of benzene rings is 3. The van der Waals surface area contributed by atoms with Gasteiger partial charge in [0.25, 0.3) is 5.69 Å². The van der Waals surface area contributed by atoms with Crippen LogP contribution in [0, 0.1) is 17.0 Å². The lowest BCUT2D eigenvalue weighted by Crippen LogP contribution is -2.14. The predicted molar refractivity (Wildman–Crippen MR) is 123 cm³/mol. The summed E-state index contributed by atoms with van der Waals surface area (Å²) in [6.07, 6.45) is 0. The quantitative estimate of drug-likeness (QED) is 0.278. The molecule has 1 aromatic heterocycles. The number of nitro groups is 1. The van der Waals surface area contributed by atoms with Crippen molar-refractivity contribution in [3.05, 3.63) is 93.3 Å². The highest BCUT2D eigenvalue weighted by Gasteiger charge is 2.26. The van der Waals surface area contributed by atoms with E-state index in [-0.39, 0.29) is 11.6 Å². The fourth-order valence-corrected chi connectivity index (χ4v) is 3.84. The zero-order valence-corrected chi connectivity index (χ0v) is 18.3. The molecule has 9 heteroatoms. The maximum atomic E-state index is 11.4. The molecule has 33 heavy (non-hydrogen) atoms. The summed E-state index contributed by atoms with van der Waals surface area (Å²) in [5.74, 6) is 1.66. The van der Waals surface area contributed by atoms with Crippen molar-refractivity contribution in [3.63, 3.8) is 0 Å². The minimum atomic E-state index is -0.458. The lowest BCUT2D eigenvalue weighted by Gasteiger charge is -2.14. The second kappa shape index (κ2) is 7.94. The van der Waals surface area contributed by atoms with E-state index in [9.17, 15) is 10.1 Å². The lowest BCUT2D eigenvalue weighted by atomic mass is 10.0. The largest absolute Gasteiger partial charge is 0.454 e. The summed E-state index contributed by atoms with van der Waals surface area (Å²) in [6, 6.07) is 18.0. The minimum Gasteiger partial charge on any atom is -0.454 e. The normalized spacial score (nSPS) is 12.4. The van der Waals surface area contributed by atoms with Crippen LogP contribution in [0.1, 0.15) is 42.3 Å². The van der Waals surface area contributed by atoms with Gasteiger partial charge in [-0.1, -0.05) is 38.1 Å². The molecule has 0 bridgehead atoms. The number of hydrogen-bond donors (Lipinski definition) is 0. The van der Waals surface area contributed by atoms with E-state index in [1.807, 2.05) is 49.4 Å². The van der Waals surface area contributed by atoms with Crippen molar-refractivity contribution in [2.24, 2.45) is 4.99 Å². The Kier molecular flexibility index (Phi) is 4.93. The van der Waals surface area contributed by atoms with Gasteiger partial charge in [0.05, 0.1) is 10.6 Å². The van der Waals surface area contributed by atoms with Crippen LogP contribution in [0.2, 0.25) is 0 Å².